The number of rotatable bonds is 4. The second-order valence-corrected chi connectivity index (χ2v) is 6.70. The van der Waals surface area contributed by atoms with Crippen LogP contribution in [-0.4, -0.2) is 24.0 Å². The Morgan fingerprint density at radius 1 is 1.60 bits per heavy atom. The zero-order chi connectivity index (χ0) is 14.1. The van der Waals surface area contributed by atoms with E-state index in [-0.39, 0.29) is 11.8 Å². The third-order valence-corrected chi connectivity index (χ3v) is 5.01. The van der Waals surface area contributed by atoms with Crippen molar-refractivity contribution in [1.29, 1.82) is 0 Å². The topological polar surface area (TPSA) is 54.0 Å². The van der Waals surface area contributed by atoms with Gasteiger partial charge in [-0.05, 0) is 37.2 Å². The molecule has 2 aromatic rings. The molecule has 3 rings (SSSR count). The molecule has 1 saturated heterocycles. The molecule has 20 heavy (non-hydrogen) atoms. The normalized spacial score (nSPS) is 16.9. The van der Waals surface area contributed by atoms with E-state index in [1.54, 1.807) is 11.3 Å². The summed E-state index contributed by atoms with van der Waals surface area (Å²) in [6, 6.07) is 5.67. The highest BCUT2D eigenvalue weighted by Crippen LogP contribution is 2.25. The molecule has 0 aliphatic carbocycles. The maximum absolute atomic E-state index is 12.0. The summed E-state index contributed by atoms with van der Waals surface area (Å²) in [6.07, 6.45) is 0. The van der Waals surface area contributed by atoms with Crippen molar-refractivity contribution in [2.75, 3.05) is 13.1 Å². The maximum atomic E-state index is 12.0. The molecular weight excluding hydrogens is 294 g/mol. The van der Waals surface area contributed by atoms with Gasteiger partial charge in [0.1, 0.15) is 5.01 Å². The minimum Gasteiger partial charge on any atom is -0.349 e. The standard InChI is InChI=1S/C14H16ClN3OS/c1-8(9-5-16-6-9)14(19)17-7-13-18-11-4-10(15)2-3-12(11)20-13/h2-4,8-9,16H,5-7H2,1H3,(H,17,19). The fraction of sp³-hybridized carbons (Fsp3) is 0.429. The highest BCUT2D eigenvalue weighted by atomic mass is 35.5. The van der Waals surface area contributed by atoms with Gasteiger partial charge in [-0.15, -0.1) is 11.3 Å². The molecule has 2 N–H and O–H groups in total. The van der Waals surface area contributed by atoms with Crippen LogP contribution in [0.1, 0.15) is 11.9 Å². The van der Waals surface area contributed by atoms with Crippen molar-refractivity contribution in [3.8, 4) is 0 Å². The van der Waals surface area contributed by atoms with Crippen LogP contribution in [0.25, 0.3) is 10.2 Å². The molecule has 6 heteroatoms. The Morgan fingerprint density at radius 2 is 2.40 bits per heavy atom. The lowest BCUT2D eigenvalue weighted by molar-refractivity contribution is -0.126. The number of halogens is 1. The summed E-state index contributed by atoms with van der Waals surface area (Å²) < 4.78 is 1.09. The molecule has 1 amide bonds. The van der Waals surface area contributed by atoms with E-state index in [0.717, 1.165) is 28.3 Å². The lowest BCUT2D eigenvalue weighted by atomic mass is 9.88. The number of amides is 1. The van der Waals surface area contributed by atoms with Gasteiger partial charge in [0, 0.05) is 10.9 Å². The van der Waals surface area contributed by atoms with Crippen LogP contribution in [0.2, 0.25) is 5.02 Å². The van der Waals surface area contributed by atoms with Crippen molar-refractivity contribution in [3.05, 3.63) is 28.2 Å². The molecule has 1 aromatic carbocycles. The van der Waals surface area contributed by atoms with E-state index in [4.69, 9.17) is 11.6 Å². The van der Waals surface area contributed by atoms with E-state index in [9.17, 15) is 4.79 Å². The van der Waals surface area contributed by atoms with Gasteiger partial charge < -0.3 is 10.6 Å². The average Bonchev–Trinajstić information content (AvgIpc) is 2.75. The van der Waals surface area contributed by atoms with Gasteiger partial charge >= 0.3 is 0 Å². The molecule has 4 nitrogen and oxygen atoms in total. The van der Waals surface area contributed by atoms with Crippen LogP contribution < -0.4 is 10.6 Å². The number of benzene rings is 1. The van der Waals surface area contributed by atoms with Gasteiger partial charge in [-0.25, -0.2) is 4.98 Å². The molecule has 1 aliphatic heterocycles. The van der Waals surface area contributed by atoms with Gasteiger partial charge in [0.25, 0.3) is 0 Å². The van der Waals surface area contributed by atoms with Crippen LogP contribution in [0.4, 0.5) is 0 Å². The number of hydrogen-bond acceptors (Lipinski definition) is 4. The average molecular weight is 310 g/mol. The van der Waals surface area contributed by atoms with Gasteiger partial charge in [0.05, 0.1) is 16.8 Å². The van der Waals surface area contributed by atoms with Crippen LogP contribution in [0.15, 0.2) is 18.2 Å². The molecule has 1 fully saturated rings. The van der Waals surface area contributed by atoms with Gasteiger partial charge in [-0.1, -0.05) is 18.5 Å². The predicted octanol–water partition coefficient (Wildman–Crippen LogP) is 2.42. The smallest absolute Gasteiger partial charge is 0.223 e. The van der Waals surface area contributed by atoms with E-state index in [2.05, 4.69) is 15.6 Å². The second kappa shape index (κ2) is 5.68. The Kier molecular flexibility index (Phi) is 3.92. The first-order valence-electron chi connectivity index (χ1n) is 6.67. The molecule has 2 heterocycles. The zero-order valence-electron chi connectivity index (χ0n) is 11.1. The fourth-order valence-electron chi connectivity index (χ4n) is 2.23. The Hall–Kier alpha value is -1.17. The van der Waals surface area contributed by atoms with Crippen LogP contribution in [0.3, 0.4) is 0 Å². The summed E-state index contributed by atoms with van der Waals surface area (Å²) in [4.78, 5) is 16.5. The molecule has 1 aliphatic rings. The zero-order valence-corrected chi connectivity index (χ0v) is 12.7. The summed E-state index contributed by atoms with van der Waals surface area (Å²) in [7, 11) is 0. The number of thiazole rings is 1. The molecule has 1 atom stereocenters. The summed E-state index contributed by atoms with van der Waals surface area (Å²) in [5, 5.41) is 7.76. The number of carbonyl (C=O) groups is 1. The van der Waals surface area contributed by atoms with Gasteiger partial charge in [-0.2, -0.15) is 0 Å². The van der Waals surface area contributed by atoms with Crippen molar-refractivity contribution in [3.63, 3.8) is 0 Å². The molecule has 1 unspecified atom stereocenters. The highest BCUT2D eigenvalue weighted by Gasteiger charge is 2.28. The molecule has 0 radical (unpaired) electrons. The molecular formula is C14H16ClN3OS. The molecule has 0 spiro atoms. The fourth-order valence-corrected chi connectivity index (χ4v) is 3.28. The van der Waals surface area contributed by atoms with E-state index >= 15 is 0 Å². The summed E-state index contributed by atoms with van der Waals surface area (Å²) >= 11 is 7.53. The number of nitrogens with zero attached hydrogens (tertiary/aromatic N) is 1. The van der Waals surface area contributed by atoms with Crippen molar-refractivity contribution < 1.29 is 4.79 Å². The number of carbonyl (C=O) groups excluding carboxylic acids is 1. The summed E-state index contributed by atoms with van der Waals surface area (Å²) in [6.45, 7) is 4.35. The van der Waals surface area contributed by atoms with Crippen molar-refractivity contribution in [1.82, 2.24) is 15.6 Å². The minimum absolute atomic E-state index is 0.0556. The van der Waals surface area contributed by atoms with Gasteiger partial charge in [0.15, 0.2) is 0 Å². The van der Waals surface area contributed by atoms with Crippen molar-refractivity contribution >= 4 is 39.1 Å². The Balaban J connectivity index is 1.62. The minimum atomic E-state index is 0.0556. The van der Waals surface area contributed by atoms with Crippen LogP contribution in [0, 0.1) is 11.8 Å². The van der Waals surface area contributed by atoms with Gasteiger partial charge in [0.2, 0.25) is 5.91 Å². The maximum Gasteiger partial charge on any atom is 0.223 e. The van der Waals surface area contributed by atoms with Gasteiger partial charge in [-0.3, -0.25) is 4.79 Å². The highest BCUT2D eigenvalue weighted by molar-refractivity contribution is 7.18. The van der Waals surface area contributed by atoms with E-state index < -0.39 is 0 Å². The Bertz CT molecular complexity index is 638. The quantitative estimate of drug-likeness (QED) is 0.912. The first-order valence-corrected chi connectivity index (χ1v) is 7.86. The van der Waals surface area contributed by atoms with E-state index in [1.165, 1.54) is 0 Å². The second-order valence-electron chi connectivity index (χ2n) is 5.14. The number of aromatic nitrogens is 1. The summed E-state index contributed by atoms with van der Waals surface area (Å²) in [5.41, 5.74) is 0.892. The monoisotopic (exact) mass is 309 g/mol. The van der Waals surface area contributed by atoms with Crippen molar-refractivity contribution in [2.45, 2.75) is 13.5 Å². The SMILES string of the molecule is CC(C(=O)NCc1nc2cc(Cl)ccc2s1)C1CNC1. The molecule has 0 saturated carbocycles. The summed E-state index contributed by atoms with van der Waals surface area (Å²) in [5.74, 6) is 0.623. The molecule has 1 aromatic heterocycles. The molecule has 0 bridgehead atoms. The number of hydrogen-bond donors (Lipinski definition) is 2. The first-order chi connectivity index (χ1) is 9.63. The van der Waals surface area contributed by atoms with E-state index in [1.807, 2.05) is 25.1 Å². The first kappa shape index (κ1) is 13.8. The number of nitrogens with one attached hydrogen (secondary N) is 2. The third kappa shape index (κ3) is 2.80. The predicted molar refractivity (Wildman–Crippen MR) is 82.0 cm³/mol. The Labute approximate surface area is 126 Å². The van der Waals surface area contributed by atoms with Crippen LogP contribution in [0.5, 0.6) is 0 Å². The van der Waals surface area contributed by atoms with Crippen molar-refractivity contribution in [2.24, 2.45) is 11.8 Å². The van der Waals surface area contributed by atoms with Crippen LogP contribution in [-0.2, 0) is 11.3 Å². The molecule has 106 valence electrons. The van der Waals surface area contributed by atoms with Crippen LogP contribution >= 0.6 is 22.9 Å². The lowest BCUT2D eigenvalue weighted by Gasteiger charge is -2.31. The largest absolute Gasteiger partial charge is 0.349 e. The lowest BCUT2D eigenvalue weighted by Crippen LogP contribution is -2.49. The van der Waals surface area contributed by atoms with E-state index in [0.29, 0.717) is 17.5 Å². The Morgan fingerprint density at radius 3 is 3.10 bits per heavy atom. The third-order valence-electron chi connectivity index (χ3n) is 3.74. The number of fused-ring (bicyclic) bond motifs is 1.